The van der Waals surface area contributed by atoms with Crippen molar-refractivity contribution in [3.63, 3.8) is 0 Å². The number of guanidine groups is 1. The maximum absolute atomic E-state index is 7.15. The third kappa shape index (κ3) is 7.01. The molecule has 6 heteroatoms. The zero-order valence-electron chi connectivity index (χ0n) is 6.31. The summed E-state index contributed by atoms with van der Waals surface area (Å²) in [5.74, 6) is 0.0922. The Kier molecular flexibility index (Phi) is 5.40. The topological polar surface area (TPSA) is 83.2 Å². The first kappa shape index (κ1) is 10.1. The Morgan fingerprint density at radius 1 is 1.73 bits per heavy atom. The summed E-state index contributed by atoms with van der Waals surface area (Å²) in [6.07, 6.45) is 0. The number of nitrogens with two attached hydrogens (primary N) is 1. The average molecular weight is 176 g/mol. The number of hydrogen-bond acceptors (Lipinski definition) is 3. The van der Waals surface area contributed by atoms with Gasteiger partial charge in [-0.2, -0.15) is 0 Å². The van der Waals surface area contributed by atoms with Crippen molar-refractivity contribution in [1.29, 1.82) is 5.41 Å². The van der Waals surface area contributed by atoms with Gasteiger partial charge in [0.1, 0.15) is 0 Å². The Balaban J connectivity index is 3.30. The van der Waals surface area contributed by atoms with E-state index in [9.17, 15) is 0 Å². The van der Waals surface area contributed by atoms with E-state index in [1.54, 1.807) is 7.11 Å². The number of nitrogens with one attached hydrogen (secondary N) is 3. The number of methoxy groups -OCH3 is 1. The highest BCUT2D eigenvalue weighted by Crippen LogP contribution is 1.65. The lowest BCUT2D eigenvalue weighted by molar-refractivity contribution is 0.203. The van der Waals surface area contributed by atoms with Gasteiger partial charge in [-0.25, -0.2) is 0 Å². The number of thiocarbonyl (C=S) groups is 1. The van der Waals surface area contributed by atoms with Crippen LogP contribution in [-0.4, -0.2) is 31.3 Å². The summed E-state index contributed by atoms with van der Waals surface area (Å²) in [5.41, 5.74) is 5.11. The van der Waals surface area contributed by atoms with Gasteiger partial charge in [-0.05, 0) is 12.2 Å². The van der Waals surface area contributed by atoms with Crippen molar-refractivity contribution in [2.24, 2.45) is 5.73 Å². The van der Waals surface area contributed by atoms with Crippen molar-refractivity contribution in [2.75, 3.05) is 20.3 Å². The van der Waals surface area contributed by atoms with E-state index < -0.39 is 0 Å². The molecule has 0 fully saturated rings. The quantitative estimate of drug-likeness (QED) is 0.192. The lowest BCUT2D eigenvalue weighted by Gasteiger charge is -2.07. The van der Waals surface area contributed by atoms with Gasteiger partial charge in [0, 0.05) is 13.7 Å². The molecule has 64 valence electrons. The zero-order valence-corrected chi connectivity index (χ0v) is 7.12. The van der Waals surface area contributed by atoms with Crippen LogP contribution in [0.25, 0.3) is 0 Å². The fraction of sp³-hybridized carbons (Fsp3) is 0.600. The van der Waals surface area contributed by atoms with Gasteiger partial charge in [-0.1, -0.05) is 0 Å². The van der Waals surface area contributed by atoms with Crippen molar-refractivity contribution in [3.8, 4) is 0 Å². The molecule has 0 unspecified atom stereocenters. The highest BCUT2D eigenvalue weighted by Gasteiger charge is 1.93. The van der Waals surface area contributed by atoms with Crippen LogP contribution in [0.4, 0.5) is 0 Å². The van der Waals surface area contributed by atoms with Crippen molar-refractivity contribution in [3.05, 3.63) is 0 Å². The van der Waals surface area contributed by atoms with Crippen LogP contribution in [0.2, 0.25) is 0 Å². The molecule has 0 aliphatic heterocycles. The van der Waals surface area contributed by atoms with E-state index in [4.69, 9.17) is 15.9 Å². The van der Waals surface area contributed by atoms with Crippen LogP contribution < -0.4 is 16.4 Å². The minimum absolute atomic E-state index is 0.0833. The molecule has 11 heavy (non-hydrogen) atoms. The summed E-state index contributed by atoms with van der Waals surface area (Å²) in [7, 11) is 1.59. The minimum atomic E-state index is 0.0833. The first-order valence-corrected chi connectivity index (χ1v) is 3.45. The molecule has 0 saturated carbocycles. The molecule has 0 atom stereocenters. The van der Waals surface area contributed by atoms with Crippen molar-refractivity contribution < 1.29 is 4.74 Å². The van der Waals surface area contributed by atoms with Crippen LogP contribution in [0.1, 0.15) is 0 Å². The maximum Gasteiger partial charge on any atom is 0.194 e. The summed E-state index contributed by atoms with van der Waals surface area (Å²) in [5, 5.41) is 12.4. The molecule has 0 saturated heterocycles. The lowest BCUT2D eigenvalue weighted by atomic mass is 10.7. The van der Waals surface area contributed by atoms with E-state index >= 15 is 0 Å². The molecule has 0 heterocycles. The first-order chi connectivity index (χ1) is 5.16. The van der Waals surface area contributed by atoms with E-state index in [0.717, 1.165) is 0 Å². The van der Waals surface area contributed by atoms with E-state index in [0.29, 0.717) is 13.2 Å². The summed E-state index contributed by atoms with van der Waals surface area (Å²) in [6, 6.07) is 0. The van der Waals surface area contributed by atoms with Gasteiger partial charge in [-0.15, -0.1) is 0 Å². The highest BCUT2D eigenvalue weighted by molar-refractivity contribution is 7.80. The van der Waals surface area contributed by atoms with Crippen LogP contribution in [0.3, 0.4) is 0 Å². The molecule has 0 aliphatic rings. The van der Waals surface area contributed by atoms with Gasteiger partial charge < -0.3 is 21.1 Å². The molecule has 5 N–H and O–H groups in total. The molecule has 0 bridgehead atoms. The van der Waals surface area contributed by atoms with E-state index in [1.165, 1.54) is 0 Å². The third-order valence-electron chi connectivity index (χ3n) is 0.856. The van der Waals surface area contributed by atoms with Gasteiger partial charge in [0.15, 0.2) is 11.1 Å². The minimum Gasteiger partial charge on any atom is -0.383 e. The Labute approximate surface area is 70.8 Å². The van der Waals surface area contributed by atoms with Crippen LogP contribution in [0.5, 0.6) is 0 Å². The normalized spacial score (nSPS) is 8.82. The van der Waals surface area contributed by atoms with Crippen LogP contribution in [0.15, 0.2) is 0 Å². The number of ether oxygens (including phenoxy) is 1. The van der Waals surface area contributed by atoms with E-state index in [2.05, 4.69) is 22.9 Å². The molecule has 0 radical (unpaired) electrons. The van der Waals surface area contributed by atoms with Crippen molar-refractivity contribution >= 4 is 23.3 Å². The molecule has 0 spiro atoms. The van der Waals surface area contributed by atoms with Gasteiger partial charge in [0.2, 0.25) is 0 Å². The summed E-state index contributed by atoms with van der Waals surface area (Å²) in [6.45, 7) is 1.10. The second kappa shape index (κ2) is 5.87. The molecule has 0 aromatic heterocycles. The zero-order chi connectivity index (χ0) is 8.69. The monoisotopic (exact) mass is 176 g/mol. The van der Waals surface area contributed by atoms with Crippen molar-refractivity contribution in [1.82, 2.24) is 10.6 Å². The van der Waals surface area contributed by atoms with Crippen LogP contribution in [0, 0.1) is 5.41 Å². The molecule has 0 amide bonds. The van der Waals surface area contributed by atoms with Gasteiger partial charge in [-0.3, -0.25) is 5.41 Å². The first-order valence-electron chi connectivity index (χ1n) is 3.04. The van der Waals surface area contributed by atoms with E-state index in [1.807, 2.05) is 0 Å². The Hall–Kier alpha value is -0.880. The Morgan fingerprint density at radius 3 is 2.82 bits per heavy atom. The van der Waals surface area contributed by atoms with Gasteiger partial charge in [0.25, 0.3) is 0 Å². The predicted octanol–water partition coefficient (Wildman–Crippen LogP) is -1.01. The maximum atomic E-state index is 7.15. The second-order valence-electron chi connectivity index (χ2n) is 1.78. The molecule has 0 aromatic rings. The number of rotatable bonds is 3. The third-order valence-corrected chi connectivity index (χ3v) is 0.958. The van der Waals surface area contributed by atoms with Crippen LogP contribution >= 0.6 is 12.2 Å². The molecule has 0 aliphatic carbocycles. The fourth-order valence-corrected chi connectivity index (χ4v) is 0.548. The molecule has 0 rings (SSSR count). The second-order valence-corrected chi connectivity index (χ2v) is 2.22. The fourth-order valence-electron chi connectivity index (χ4n) is 0.445. The van der Waals surface area contributed by atoms with Crippen LogP contribution in [-0.2, 0) is 4.74 Å². The molecule has 0 aromatic carbocycles. The molecule has 5 nitrogen and oxygen atoms in total. The summed E-state index contributed by atoms with van der Waals surface area (Å²) in [4.78, 5) is 0. The predicted molar refractivity (Wildman–Crippen MR) is 47.5 cm³/mol. The Morgan fingerprint density at radius 2 is 2.36 bits per heavy atom. The number of hydrogen-bond donors (Lipinski definition) is 4. The highest BCUT2D eigenvalue weighted by atomic mass is 32.1. The molecular weight excluding hydrogens is 164 g/mol. The summed E-state index contributed by atoms with van der Waals surface area (Å²) >= 11 is 4.51. The van der Waals surface area contributed by atoms with Gasteiger partial charge in [0.05, 0.1) is 6.61 Å². The standard InChI is InChI=1S/C5H12N4OS/c1-10-3-2-8-4(6)9-5(7)11/h2-3H2,1H3,(H5,6,7,8,9,11). The van der Waals surface area contributed by atoms with Gasteiger partial charge >= 0.3 is 0 Å². The van der Waals surface area contributed by atoms with E-state index in [-0.39, 0.29) is 11.1 Å². The largest absolute Gasteiger partial charge is 0.383 e. The lowest BCUT2D eigenvalue weighted by Crippen LogP contribution is -2.43. The average Bonchev–Trinajstić information content (AvgIpc) is 1.86. The van der Waals surface area contributed by atoms with Crippen molar-refractivity contribution in [2.45, 2.75) is 0 Å². The molecular formula is C5H12N4OS. The SMILES string of the molecule is COCCNC(=N)NC(N)=S. The summed E-state index contributed by atoms with van der Waals surface area (Å²) < 4.78 is 4.75. The smallest absolute Gasteiger partial charge is 0.194 e. The Bertz CT molecular complexity index is 149.